The number of piperidine rings is 1. The summed E-state index contributed by atoms with van der Waals surface area (Å²) < 4.78 is 0. The van der Waals surface area contributed by atoms with Crippen LogP contribution in [0.4, 0.5) is 17.2 Å². The van der Waals surface area contributed by atoms with Crippen molar-refractivity contribution in [2.75, 3.05) is 23.3 Å². The van der Waals surface area contributed by atoms with Crippen LogP contribution < -0.4 is 10.2 Å². The molecule has 0 radical (unpaired) electrons. The van der Waals surface area contributed by atoms with Gasteiger partial charge in [-0.15, -0.1) is 0 Å². The number of nitro groups is 1. The molecule has 1 aliphatic rings. The predicted molar refractivity (Wildman–Crippen MR) is 90.9 cm³/mol. The van der Waals surface area contributed by atoms with Crippen molar-refractivity contribution in [3.63, 3.8) is 0 Å². The summed E-state index contributed by atoms with van der Waals surface area (Å²) in [6.07, 6.45) is 3.09. The van der Waals surface area contributed by atoms with Crippen LogP contribution in [0.15, 0.2) is 48.7 Å². The third-order valence-electron chi connectivity index (χ3n) is 4.10. The lowest BCUT2D eigenvalue weighted by molar-refractivity contribution is -0.384. The molecule has 1 amide bonds. The minimum Gasteiger partial charge on any atom is -0.350 e. The maximum Gasteiger partial charge on any atom is 0.311 e. The van der Waals surface area contributed by atoms with Gasteiger partial charge in [0.25, 0.3) is 0 Å². The quantitative estimate of drug-likeness (QED) is 0.689. The number of nitrogens with one attached hydrogen (secondary N) is 1. The number of hydrogen-bond donors (Lipinski definition) is 1. The van der Waals surface area contributed by atoms with Crippen molar-refractivity contribution in [3.8, 4) is 0 Å². The molecule has 1 aromatic heterocycles. The van der Waals surface area contributed by atoms with Crippen LogP contribution >= 0.6 is 0 Å². The van der Waals surface area contributed by atoms with Crippen LogP contribution in [0.25, 0.3) is 0 Å². The Labute approximate surface area is 139 Å². The van der Waals surface area contributed by atoms with Gasteiger partial charge in [0.2, 0.25) is 11.7 Å². The van der Waals surface area contributed by atoms with E-state index in [1.165, 1.54) is 12.3 Å². The zero-order valence-electron chi connectivity index (χ0n) is 13.1. The van der Waals surface area contributed by atoms with E-state index in [1.54, 1.807) is 6.07 Å². The van der Waals surface area contributed by atoms with E-state index >= 15 is 0 Å². The second-order valence-electron chi connectivity index (χ2n) is 5.74. The minimum atomic E-state index is -0.435. The number of pyridine rings is 1. The molecule has 0 unspecified atom stereocenters. The van der Waals surface area contributed by atoms with E-state index in [0.717, 1.165) is 18.5 Å². The highest BCUT2D eigenvalue weighted by molar-refractivity contribution is 5.93. The Morgan fingerprint density at radius 3 is 2.79 bits per heavy atom. The monoisotopic (exact) mass is 326 g/mol. The average molecular weight is 326 g/mol. The van der Waals surface area contributed by atoms with E-state index in [2.05, 4.69) is 10.3 Å². The number of para-hydroxylation sites is 1. The highest BCUT2D eigenvalue weighted by atomic mass is 16.6. The first-order valence-electron chi connectivity index (χ1n) is 7.85. The van der Waals surface area contributed by atoms with E-state index < -0.39 is 4.92 Å². The number of hydrogen-bond acceptors (Lipinski definition) is 5. The van der Waals surface area contributed by atoms with Gasteiger partial charge in [-0.2, -0.15) is 0 Å². The smallest absolute Gasteiger partial charge is 0.311 e. The fraction of sp³-hybridized carbons (Fsp3) is 0.294. The van der Waals surface area contributed by atoms with Gasteiger partial charge in [0.1, 0.15) is 0 Å². The Morgan fingerprint density at radius 2 is 2.04 bits per heavy atom. The Bertz CT molecular complexity index is 736. The van der Waals surface area contributed by atoms with E-state index in [0.29, 0.717) is 18.9 Å². The van der Waals surface area contributed by atoms with Crippen molar-refractivity contribution in [1.29, 1.82) is 0 Å². The van der Waals surface area contributed by atoms with Crippen LogP contribution in [0.5, 0.6) is 0 Å². The standard InChI is InChI=1S/C17H18N4O3/c22-17(19-14-7-2-1-3-8-14)13-6-5-11-20(12-13)16-15(21(23)24)9-4-10-18-16/h1-4,7-10,13H,5-6,11-12H2,(H,19,22)/t13-/m0/s1. The lowest BCUT2D eigenvalue weighted by atomic mass is 9.97. The molecular formula is C17H18N4O3. The fourth-order valence-electron chi connectivity index (χ4n) is 2.92. The van der Waals surface area contributed by atoms with E-state index in [9.17, 15) is 14.9 Å². The highest BCUT2D eigenvalue weighted by Crippen LogP contribution is 2.29. The minimum absolute atomic E-state index is 0.0263. The van der Waals surface area contributed by atoms with Gasteiger partial charge in [0.15, 0.2) is 0 Å². The summed E-state index contributed by atoms with van der Waals surface area (Å²) in [6, 6.07) is 12.3. The number of anilines is 2. The average Bonchev–Trinajstić information content (AvgIpc) is 2.62. The van der Waals surface area contributed by atoms with Gasteiger partial charge in [-0.25, -0.2) is 4.98 Å². The Kier molecular flexibility index (Phi) is 4.69. The SMILES string of the molecule is O=C(Nc1ccccc1)[C@H]1CCCN(c2ncccc2[N+](=O)[O-])C1. The molecule has 1 saturated heterocycles. The third kappa shape index (κ3) is 3.51. The van der Waals surface area contributed by atoms with Crippen molar-refractivity contribution in [2.45, 2.75) is 12.8 Å². The van der Waals surface area contributed by atoms with Gasteiger partial charge in [0.05, 0.1) is 10.8 Å². The summed E-state index contributed by atoms with van der Waals surface area (Å²) in [6.45, 7) is 1.09. The van der Waals surface area contributed by atoms with Gasteiger partial charge in [0, 0.05) is 31.0 Å². The van der Waals surface area contributed by atoms with Crippen LogP contribution in [0.1, 0.15) is 12.8 Å². The molecular weight excluding hydrogens is 308 g/mol. The first kappa shape index (κ1) is 15.9. The molecule has 2 heterocycles. The number of carbonyl (C=O) groups excluding carboxylic acids is 1. The van der Waals surface area contributed by atoms with Crippen molar-refractivity contribution in [1.82, 2.24) is 4.98 Å². The van der Waals surface area contributed by atoms with Crippen LogP contribution in [0.2, 0.25) is 0 Å². The molecule has 0 spiro atoms. The maximum atomic E-state index is 12.5. The Morgan fingerprint density at radius 1 is 1.25 bits per heavy atom. The lowest BCUT2D eigenvalue weighted by Crippen LogP contribution is -2.41. The van der Waals surface area contributed by atoms with Crippen LogP contribution in [0, 0.1) is 16.0 Å². The van der Waals surface area contributed by atoms with Gasteiger partial charge < -0.3 is 10.2 Å². The second kappa shape index (κ2) is 7.08. The molecule has 124 valence electrons. The Balaban J connectivity index is 1.73. The fourth-order valence-corrected chi connectivity index (χ4v) is 2.92. The summed E-state index contributed by atoms with van der Waals surface area (Å²) >= 11 is 0. The van der Waals surface area contributed by atoms with E-state index in [4.69, 9.17) is 0 Å². The number of carbonyl (C=O) groups is 1. The molecule has 1 aromatic carbocycles. The van der Waals surface area contributed by atoms with Crippen LogP contribution in [-0.4, -0.2) is 28.9 Å². The number of benzene rings is 1. The summed E-state index contributed by atoms with van der Waals surface area (Å²) in [4.78, 5) is 29.2. The van der Waals surface area contributed by atoms with Crippen molar-refractivity contribution < 1.29 is 9.72 Å². The van der Waals surface area contributed by atoms with Gasteiger partial charge in [-0.3, -0.25) is 14.9 Å². The molecule has 7 heteroatoms. The van der Waals surface area contributed by atoms with Crippen molar-refractivity contribution in [3.05, 3.63) is 58.8 Å². The van der Waals surface area contributed by atoms with Crippen LogP contribution in [-0.2, 0) is 4.79 Å². The summed E-state index contributed by atoms with van der Waals surface area (Å²) in [5.74, 6) is 0.0461. The molecule has 1 atom stereocenters. The number of amides is 1. The van der Waals surface area contributed by atoms with E-state index in [1.807, 2.05) is 35.2 Å². The van der Waals surface area contributed by atoms with E-state index in [-0.39, 0.29) is 17.5 Å². The molecule has 1 N–H and O–H groups in total. The summed E-state index contributed by atoms with van der Waals surface area (Å²) in [7, 11) is 0. The Hall–Kier alpha value is -2.96. The van der Waals surface area contributed by atoms with Crippen molar-refractivity contribution >= 4 is 23.1 Å². The third-order valence-corrected chi connectivity index (χ3v) is 4.10. The molecule has 0 bridgehead atoms. The number of rotatable bonds is 4. The second-order valence-corrected chi connectivity index (χ2v) is 5.74. The van der Waals surface area contributed by atoms with Crippen molar-refractivity contribution in [2.24, 2.45) is 5.92 Å². The molecule has 3 rings (SSSR count). The first-order chi connectivity index (χ1) is 11.6. The molecule has 0 saturated carbocycles. The molecule has 0 aliphatic carbocycles. The topological polar surface area (TPSA) is 88.4 Å². The largest absolute Gasteiger partial charge is 0.350 e. The zero-order chi connectivity index (χ0) is 16.9. The zero-order valence-corrected chi connectivity index (χ0v) is 13.1. The van der Waals surface area contributed by atoms with Gasteiger partial charge in [-0.1, -0.05) is 18.2 Å². The number of aromatic nitrogens is 1. The lowest BCUT2D eigenvalue weighted by Gasteiger charge is -2.32. The summed E-state index contributed by atoms with van der Waals surface area (Å²) in [5, 5.41) is 14.1. The van der Waals surface area contributed by atoms with Crippen LogP contribution in [0.3, 0.4) is 0 Å². The normalized spacial score (nSPS) is 17.3. The molecule has 7 nitrogen and oxygen atoms in total. The first-order valence-corrected chi connectivity index (χ1v) is 7.85. The maximum absolute atomic E-state index is 12.5. The predicted octanol–water partition coefficient (Wildman–Crippen LogP) is 2.84. The molecule has 1 aliphatic heterocycles. The molecule has 1 fully saturated rings. The molecule has 24 heavy (non-hydrogen) atoms. The number of nitrogens with zero attached hydrogens (tertiary/aromatic N) is 3. The summed E-state index contributed by atoms with van der Waals surface area (Å²) in [5.41, 5.74) is 0.727. The van der Waals surface area contributed by atoms with Gasteiger partial charge >= 0.3 is 5.69 Å². The molecule has 2 aromatic rings. The van der Waals surface area contributed by atoms with Gasteiger partial charge in [-0.05, 0) is 31.0 Å². The highest BCUT2D eigenvalue weighted by Gasteiger charge is 2.30.